The maximum Gasteiger partial charge on any atom is 0.321 e. The summed E-state index contributed by atoms with van der Waals surface area (Å²) in [4.78, 5) is 16.1. The monoisotopic (exact) mass is 261 g/mol. The summed E-state index contributed by atoms with van der Waals surface area (Å²) in [6.45, 7) is 3.93. The van der Waals surface area contributed by atoms with E-state index >= 15 is 0 Å². The molecule has 1 fully saturated rings. The first-order chi connectivity index (χ1) is 9.06. The zero-order chi connectivity index (χ0) is 13.8. The standard InChI is InChI=1S/C15H23N3O/c1-12-5-4-10-18(11-12)15(19)16-13-6-8-14(9-7-13)17(2)3/h6-9,12H,4-5,10-11H2,1-3H3,(H,16,19). The molecule has 19 heavy (non-hydrogen) atoms. The van der Waals surface area contributed by atoms with Crippen molar-refractivity contribution in [2.45, 2.75) is 19.8 Å². The summed E-state index contributed by atoms with van der Waals surface area (Å²) in [5.74, 6) is 0.607. The van der Waals surface area contributed by atoms with Gasteiger partial charge >= 0.3 is 6.03 Å². The van der Waals surface area contributed by atoms with Crippen molar-refractivity contribution in [1.29, 1.82) is 0 Å². The van der Waals surface area contributed by atoms with Gasteiger partial charge in [-0.3, -0.25) is 0 Å². The van der Waals surface area contributed by atoms with Crippen LogP contribution in [0.2, 0.25) is 0 Å². The van der Waals surface area contributed by atoms with E-state index in [9.17, 15) is 4.79 Å². The number of nitrogens with one attached hydrogen (secondary N) is 1. The topological polar surface area (TPSA) is 35.6 Å². The fourth-order valence-electron chi connectivity index (χ4n) is 2.42. The quantitative estimate of drug-likeness (QED) is 0.888. The van der Waals surface area contributed by atoms with Gasteiger partial charge in [-0.25, -0.2) is 4.79 Å². The highest BCUT2D eigenvalue weighted by atomic mass is 16.2. The number of nitrogens with zero attached hydrogens (tertiary/aromatic N) is 2. The highest BCUT2D eigenvalue weighted by molar-refractivity contribution is 5.89. The summed E-state index contributed by atoms with van der Waals surface area (Å²) in [5.41, 5.74) is 1.98. The van der Waals surface area contributed by atoms with E-state index in [0.717, 1.165) is 30.9 Å². The lowest BCUT2D eigenvalue weighted by Gasteiger charge is -2.31. The Hall–Kier alpha value is -1.71. The molecule has 2 rings (SSSR count). The second-order valence-corrected chi connectivity index (χ2v) is 5.56. The molecule has 0 aliphatic carbocycles. The first kappa shape index (κ1) is 13.7. The van der Waals surface area contributed by atoms with Crippen molar-refractivity contribution in [2.75, 3.05) is 37.4 Å². The molecule has 1 N–H and O–H groups in total. The van der Waals surface area contributed by atoms with Crippen LogP contribution in [0.5, 0.6) is 0 Å². The molecule has 1 saturated heterocycles. The van der Waals surface area contributed by atoms with Crippen LogP contribution in [-0.4, -0.2) is 38.1 Å². The molecule has 0 spiro atoms. The van der Waals surface area contributed by atoms with Crippen molar-refractivity contribution >= 4 is 17.4 Å². The largest absolute Gasteiger partial charge is 0.378 e. The molecular formula is C15H23N3O. The van der Waals surface area contributed by atoms with Gasteiger partial charge in [0.15, 0.2) is 0 Å². The molecule has 2 amide bonds. The molecule has 1 atom stereocenters. The van der Waals surface area contributed by atoms with Crippen molar-refractivity contribution < 1.29 is 4.79 Å². The third-order valence-electron chi connectivity index (χ3n) is 3.58. The molecular weight excluding hydrogens is 238 g/mol. The van der Waals surface area contributed by atoms with Crippen LogP contribution in [0.3, 0.4) is 0 Å². The molecule has 1 aromatic rings. The fourth-order valence-corrected chi connectivity index (χ4v) is 2.42. The van der Waals surface area contributed by atoms with Gasteiger partial charge in [-0.05, 0) is 43.0 Å². The predicted molar refractivity (Wildman–Crippen MR) is 79.8 cm³/mol. The van der Waals surface area contributed by atoms with Crippen molar-refractivity contribution in [3.8, 4) is 0 Å². The zero-order valence-corrected chi connectivity index (χ0v) is 12.0. The number of carbonyl (C=O) groups excluding carboxylic acids is 1. The second-order valence-electron chi connectivity index (χ2n) is 5.56. The minimum atomic E-state index is 0.0177. The molecule has 104 valence electrons. The Morgan fingerprint density at radius 1 is 1.32 bits per heavy atom. The molecule has 1 aromatic carbocycles. The number of rotatable bonds is 2. The number of benzene rings is 1. The maximum absolute atomic E-state index is 12.1. The van der Waals surface area contributed by atoms with Crippen molar-refractivity contribution in [3.63, 3.8) is 0 Å². The van der Waals surface area contributed by atoms with Gasteiger partial charge in [0.2, 0.25) is 0 Å². The Morgan fingerprint density at radius 3 is 2.58 bits per heavy atom. The van der Waals surface area contributed by atoms with Gasteiger partial charge in [-0.1, -0.05) is 6.92 Å². The Kier molecular flexibility index (Phi) is 4.30. The first-order valence-corrected chi connectivity index (χ1v) is 6.89. The molecule has 1 heterocycles. The van der Waals surface area contributed by atoms with Crippen LogP contribution in [0, 0.1) is 5.92 Å². The molecule has 4 heteroatoms. The third-order valence-corrected chi connectivity index (χ3v) is 3.58. The van der Waals surface area contributed by atoms with E-state index in [-0.39, 0.29) is 6.03 Å². The third kappa shape index (κ3) is 3.63. The summed E-state index contributed by atoms with van der Waals surface area (Å²) in [5, 5.41) is 2.97. The van der Waals surface area contributed by atoms with Crippen LogP contribution in [0.4, 0.5) is 16.2 Å². The van der Waals surface area contributed by atoms with Gasteiger partial charge < -0.3 is 15.1 Å². The number of anilines is 2. The van der Waals surface area contributed by atoms with Crippen LogP contribution in [0.15, 0.2) is 24.3 Å². The first-order valence-electron chi connectivity index (χ1n) is 6.89. The number of hydrogen-bond donors (Lipinski definition) is 1. The van der Waals surface area contributed by atoms with Crippen LogP contribution in [0.25, 0.3) is 0 Å². The predicted octanol–water partition coefficient (Wildman–Crippen LogP) is 3.02. The van der Waals surface area contributed by atoms with Gasteiger partial charge in [0.25, 0.3) is 0 Å². The van der Waals surface area contributed by atoms with E-state index in [1.165, 1.54) is 6.42 Å². The highest BCUT2D eigenvalue weighted by Crippen LogP contribution is 2.19. The van der Waals surface area contributed by atoms with Gasteiger partial charge in [-0.15, -0.1) is 0 Å². The summed E-state index contributed by atoms with van der Waals surface area (Å²) in [6.07, 6.45) is 2.33. The van der Waals surface area contributed by atoms with E-state index in [4.69, 9.17) is 0 Å². The average molecular weight is 261 g/mol. The lowest BCUT2D eigenvalue weighted by atomic mass is 10.0. The van der Waals surface area contributed by atoms with Crippen LogP contribution < -0.4 is 10.2 Å². The Bertz CT molecular complexity index is 428. The van der Waals surface area contributed by atoms with E-state index in [1.807, 2.05) is 48.2 Å². The molecule has 1 aliphatic heterocycles. The van der Waals surface area contributed by atoms with Gasteiger partial charge in [0.1, 0.15) is 0 Å². The fraction of sp³-hybridized carbons (Fsp3) is 0.533. The summed E-state index contributed by atoms with van der Waals surface area (Å²) >= 11 is 0. The van der Waals surface area contributed by atoms with E-state index in [1.54, 1.807) is 0 Å². The summed E-state index contributed by atoms with van der Waals surface area (Å²) < 4.78 is 0. The van der Waals surface area contributed by atoms with E-state index < -0.39 is 0 Å². The number of hydrogen-bond acceptors (Lipinski definition) is 2. The minimum absolute atomic E-state index is 0.0177. The second kappa shape index (κ2) is 5.95. The minimum Gasteiger partial charge on any atom is -0.378 e. The normalized spacial score (nSPS) is 19.1. The average Bonchev–Trinajstić information content (AvgIpc) is 2.39. The Labute approximate surface area is 115 Å². The van der Waals surface area contributed by atoms with Crippen molar-refractivity contribution in [3.05, 3.63) is 24.3 Å². The van der Waals surface area contributed by atoms with Crippen molar-refractivity contribution in [2.24, 2.45) is 5.92 Å². The van der Waals surface area contributed by atoms with Crippen LogP contribution >= 0.6 is 0 Å². The van der Waals surface area contributed by atoms with Crippen LogP contribution in [-0.2, 0) is 0 Å². The van der Waals surface area contributed by atoms with Crippen LogP contribution in [0.1, 0.15) is 19.8 Å². The van der Waals surface area contributed by atoms with E-state index in [0.29, 0.717) is 5.92 Å². The number of likely N-dealkylation sites (tertiary alicyclic amines) is 1. The Morgan fingerprint density at radius 2 is 2.00 bits per heavy atom. The van der Waals surface area contributed by atoms with Gasteiger partial charge in [-0.2, -0.15) is 0 Å². The molecule has 4 nitrogen and oxygen atoms in total. The lowest BCUT2D eigenvalue weighted by Crippen LogP contribution is -2.41. The van der Waals surface area contributed by atoms with E-state index in [2.05, 4.69) is 12.2 Å². The SMILES string of the molecule is CC1CCCN(C(=O)Nc2ccc(N(C)C)cc2)C1. The number of urea groups is 1. The summed E-state index contributed by atoms with van der Waals surface area (Å²) in [7, 11) is 4.01. The van der Waals surface area contributed by atoms with Crippen molar-refractivity contribution in [1.82, 2.24) is 4.90 Å². The lowest BCUT2D eigenvalue weighted by molar-refractivity contribution is 0.182. The zero-order valence-electron chi connectivity index (χ0n) is 12.0. The number of piperidine rings is 1. The molecule has 1 unspecified atom stereocenters. The number of carbonyl (C=O) groups is 1. The smallest absolute Gasteiger partial charge is 0.321 e. The molecule has 1 aliphatic rings. The van der Waals surface area contributed by atoms with Gasteiger partial charge in [0.05, 0.1) is 0 Å². The van der Waals surface area contributed by atoms with Gasteiger partial charge in [0, 0.05) is 38.6 Å². The molecule has 0 bridgehead atoms. The molecule has 0 aromatic heterocycles. The molecule has 0 saturated carbocycles. The molecule has 0 radical (unpaired) electrons. The Balaban J connectivity index is 1.94. The maximum atomic E-state index is 12.1. The highest BCUT2D eigenvalue weighted by Gasteiger charge is 2.20. The number of amides is 2. The summed E-state index contributed by atoms with van der Waals surface area (Å²) in [6, 6.07) is 7.92.